The minimum absolute atomic E-state index is 0.0131. The van der Waals surface area contributed by atoms with Crippen molar-refractivity contribution in [3.8, 4) is 5.69 Å². The van der Waals surface area contributed by atoms with E-state index in [0.29, 0.717) is 33.3 Å². The summed E-state index contributed by atoms with van der Waals surface area (Å²) in [5.74, 6) is -2.40. The first-order chi connectivity index (χ1) is 19.8. The molecule has 2 aromatic heterocycles. The SMILES string of the molecule is Cn1c(=O)n(-c2cccc(C3c4c([nH]c5cc(C(C)(C)O)ccc45)C(C(N)O)CC3F)c2Cl)c(=O)c2cccc(F)c21. The van der Waals surface area contributed by atoms with Crippen LogP contribution in [0.25, 0.3) is 27.5 Å². The lowest BCUT2D eigenvalue weighted by Crippen LogP contribution is -2.38. The van der Waals surface area contributed by atoms with Crippen molar-refractivity contribution < 1.29 is 19.0 Å². The lowest BCUT2D eigenvalue weighted by molar-refractivity contribution is 0.0787. The molecule has 1 aliphatic rings. The van der Waals surface area contributed by atoms with Crippen LogP contribution in [0.15, 0.2) is 64.2 Å². The maximum Gasteiger partial charge on any atom is 0.336 e. The smallest absolute Gasteiger partial charge is 0.336 e. The number of halogens is 3. The Labute approximate surface area is 243 Å². The van der Waals surface area contributed by atoms with Gasteiger partial charge in [0, 0.05) is 35.5 Å². The van der Waals surface area contributed by atoms with E-state index in [1.165, 1.54) is 31.3 Å². The Bertz CT molecular complexity index is 2010. The molecule has 0 radical (unpaired) electrons. The van der Waals surface area contributed by atoms with Crippen LogP contribution in [0, 0.1) is 5.82 Å². The van der Waals surface area contributed by atoms with Crippen molar-refractivity contribution in [2.45, 2.75) is 50.1 Å². The van der Waals surface area contributed by atoms with E-state index in [-0.39, 0.29) is 28.0 Å². The Morgan fingerprint density at radius 3 is 2.52 bits per heavy atom. The molecule has 4 atom stereocenters. The van der Waals surface area contributed by atoms with Gasteiger partial charge in [-0.2, -0.15) is 0 Å². The second kappa shape index (κ2) is 9.88. The van der Waals surface area contributed by atoms with E-state index in [1.807, 2.05) is 0 Å². The molecule has 0 saturated heterocycles. The van der Waals surface area contributed by atoms with E-state index in [1.54, 1.807) is 44.2 Å². The number of aromatic amines is 1. The van der Waals surface area contributed by atoms with E-state index >= 15 is 4.39 Å². The molecule has 5 aromatic rings. The second-order valence-electron chi connectivity index (χ2n) is 11.4. The van der Waals surface area contributed by atoms with Gasteiger partial charge in [0.05, 0.1) is 27.2 Å². The number of aryl methyl sites for hydroxylation is 1. The fraction of sp³-hybridized carbons (Fsp3) is 0.290. The molecule has 1 aliphatic carbocycles. The number of hydrogen-bond donors (Lipinski definition) is 4. The molecule has 3 aromatic carbocycles. The van der Waals surface area contributed by atoms with Crippen LogP contribution in [-0.2, 0) is 12.6 Å². The summed E-state index contributed by atoms with van der Waals surface area (Å²) in [5.41, 5.74) is 5.76. The van der Waals surface area contributed by atoms with E-state index in [0.717, 1.165) is 9.13 Å². The number of nitrogens with zero attached hydrogens (tertiary/aromatic N) is 2. The predicted molar refractivity (Wildman–Crippen MR) is 158 cm³/mol. The molecule has 0 fully saturated rings. The first-order valence-corrected chi connectivity index (χ1v) is 13.8. The Balaban J connectivity index is 1.61. The topological polar surface area (TPSA) is 126 Å². The van der Waals surface area contributed by atoms with Crippen molar-refractivity contribution in [2.24, 2.45) is 12.8 Å². The van der Waals surface area contributed by atoms with Crippen molar-refractivity contribution in [3.05, 3.63) is 109 Å². The third kappa shape index (κ3) is 4.20. The summed E-state index contributed by atoms with van der Waals surface area (Å²) in [6, 6.07) is 14.0. The number of hydrogen-bond acceptors (Lipinski definition) is 5. The van der Waals surface area contributed by atoms with Crippen molar-refractivity contribution in [3.63, 3.8) is 0 Å². The number of para-hydroxylation sites is 1. The maximum absolute atomic E-state index is 16.2. The van der Waals surface area contributed by atoms with E-state index in [2.05, 4.69) is 4.98 Å². The lowest BCUT2D eigenvalue weighted by atomic mass is 9.74. The zero-order chi connectivity index (χ0) is 30.2. The van der Waals surface area contributed by atoms with Crippen LogP contribution in [0.3, 0.4) is 0 Å². The molecule has 5 N–H and O–H groups in total. The number of nitrogens with one attached hydrogen (secondary N) is 1. The van der Waals surface area contributed by atoms with E-state index in [4.69, 9.17) is 17.3 Å². The molecule has 0 bridgehead atoms. The summed E-state index contributed by atoms with van der Waals surface area (Å²) in [4.78, 5) is 30.2. The van der Waals surface area contributed by atoms with Gasteiger partial charge in [0.15, 0.2) is 0 Å². The van der Waals surface area contributed by atoms with Crippen LogP contribution in [0.2, 0.25) is 5.02 Å². The fourth-order valence-electron chi connectivity index (χ4n) is 6.23. The summed E-state index contributed by atoms with van der Waals surface area (Å²) < 4.78 is 32.7. The highest BCUT2D eigenvalue weighted by atomic mass is 35.5. The van der Waals surface area contributed by atoms with Crippen LogP contribution in [0.4, 0.5) is 8.78 Å². The van der Waals surface area contributed by atoms with Gasteiger partial charge in [-0.15, -0.1) is 0 Å². The van der Waals surface area contributed by atoms with Crippen LogP contribution in [0.5, 0.6) is 0 Å². The van der Waals surface area contributed by atoms with Crippen molar-refractivity contribution in [2.75, 3.05) is 0 Å². The number of fused-ring (bicyclic) bond motifs is 4. The molecule has 4 unspecified atom stereocenters. The number of nitrogens with two attached hydrogens (primary N) is 1. The van der Waals surface area contributed by atoms with Crippen LogP contribution in [-0.4, -0.2) is 36.7 Å². The van der Waals surface area contributed by atoms with Gasteiger partial charge in [-0.3, -0.25) is 9.36 Å². The standard InChI is InChI=1S/C31H29ClF2N4O4/c1-31(2,42)14-10-11-15-21(12-14)36-26-18(28(35)39)13-20(34)23(24(15)26)16-6-5-9-22(25(16)32)38-29(40)17-7-4-8-19(33)27(17)37(3)30(38)41/h4-12,18,20,23,28,36,39,42H,13,35H2,1-3H3. The Hall–Kier alpha value is -3.83. The molecular weight excluding hydrogens is 566 g/mol. The molecule has 0 saturated carbocycles. The van der Waals surface area contributed by atoms with Crippen molar-refractivity contribution >= 4 is 33.4 Å². The predicted octanol–water partition coefficient (Wildman–Crippen LogP) is 4.43. The molecule has 218 valence electrons. The monoisotopic (exact) mass is 594 g/mol. The highest BCUT2D eigenvalue weighted by Crippen LogP contribution is 2.49. The number of rotatable bonds is 4. The molecule has 0 amide bonds. The Morgan fingerprint density at radius 1 is 1.12 bits per heavy atom. The zero-order valence-corrected chi connectivity index (χ0v) is 23.8. The molecule has 6 rings (SSSR count). The second-order valence-corrected chi connectivity index (χ2v) is 11.8. The maximum atomic E-state index is 16.2. The first kappa shape index (κ1) is 28.3. The highest BCUT2D eigenvalue weighted by Gasteiger charge is 2.42. The number of aliphatic hydroxyl groups is 2. The van der Waals surface area contributed by atoms with Crippen LogP contribution < -0.4 is 17.0 Å². The third-order valence-corrected chi connectivity index (χ3v) is 8.74. The van der Waals surface area contributed by atoms with E-state index < -0.39 is 46.9 Å². The van der Waals surface area contributed by atoms with Gasteiger partial charge in [-0.25, -0.2) is 18.1 Å². The summed E-state index contributed by atoms with van der Waals surface area (Å²) in [6.07, 6.45) is -2.99. The number of aliphatic hydroxyl groups excluding tert-OH is 1. The van der Waals surface area contributed by atoms with E-state index in [9.17, 15) is 24.2 Å². The largest absolute Gasteiger partial charge is 0.386 e. The minimum atomic E-state index is -1.54. The number of aromatic nitrogens is 3. The van der Waals surface area contributed by atoms with Crippen LogP contribution >= 0.6 is 11.6 Å². The molecule has 8 nitrogen and oxygen atoms in total. The zero-order valence-electron chi connectivity index (χ0n) is 23.0. The molecular formula is C31H29ClF2N4O4. The normalized spacial score (nSPS) is 19.8. The Morgan fingerprint density at radius 2 is 1.83 bits per heavy atom. The lowest BCUT2D eigenvalue weighted by Gasteiger charge is -2.34. The van der Waals surface area contributed by atoms with Crippen molar-refractivity contribution in [1.29, 1.82) is 0 Å². The van der Waals surface area contributed by atoms with Crippen molar-refractivity contribution in [1.82, 2.24) is 14.1 Å². The minimum Gasteiger partial charge on any atom is -0.386 e. The average molecular weight is 595 g/mol. The quantitative estimate of drug-likeness (QED) is 0.229. The van der Waals surface area contributed by atoms with Gasteiger partial charge in [-0.1, -0.05) is 41.9 Å². The summed E-state index contributed by atoms with van der Waals surface area (Å²) in [6.45, 7) is 3.31. The van der Waals surface area contributed by atoms with Crippen LogP contribution in [0.1, 0.15) is 54.5 Å². The highest BCUT2D eigenvalue weighted by molar-refractivity contribution is 6.33. The number of alkyl halides is 1. The van der Waals surface area contributed by atoms with Gasteiger partial charge in [-0.05, 0) is 61.2 Å². The molecule has 0 spiro atoms. The molecule has 11 heteroatoms. The number of H-pyrrole nitrogens is 1. The fourth-order valence-corrected chi connectivity index (χ4v) is 6.56. The van der Waals surface area contributed by atoms with Gasteiger partial charge >= 0.3 is 5.69 Å². The molecule has 2 heterocycles. The average Bonchev–Trinajstić information content (AvgIpc) is 3.30. The summed E-state index contributed by atoms with van der Waals surface area (Å²) in [7, 11) is 1.36. The van der Waals surface area contributed by atoms with Gasteiger partial charge < -0.3 is 20.9 Å². The van der Waals surface area contributed by atoms with Gasteiger partial charge in [0.2, 0.25) is 0 Å². The third-order valence-electron chi connectivity index (χ3n) is 8.33. The summed E-state index contributed by atoms with van der Waals surface area (Å²) in [5, 5.41) is 21.6. The Kier molecular flexibility index (Phi) is 6.65. The molecule has 42 heavy (non-hydrogen) atoms. The number of benzene rings is 3. The summed E-state index contributed by atoms with van der Waals surface area (Å²) >= 11 is 6.92. The van der Waals surface area contributed by atoms with Gasteiger partial charge in [0.25, 0.3) is 5.56 Å². The first-order valence-electron chi connectivity index (χ1n) is 13.5. The van der Waals surface area contributed by atoms with Gasteiger partial charge in [0.1, 0.15) is 18.2 Å². The molecule has 0 aliphatic heterocycles.